The zero-order valence-electron chi connectivity index (χ0n) is 21.0. The quantitative estimate of drug-likeness (QED) is 0.433. The van der Waals surface area contributed by atoms with Gasteiger partial charge in [0.1, 0.15) is 11.9 Å². The van der Waals surface area contributed by atoms with Crippen molar-refractivity contribution in [1.29, 1.82) is 0 Å². The van der Waals surface area contributed by atoms with E-state index in [1.807, 2.05) is 13.8 Å². The molecule has 11 heteroatoms. The van der Waals surface area contributed by atoms with Gasteiger partial charge in [-0.1, -0.05) is 0 Å². The number of carbonyl (C=O) groups excluding carboxylic acids is 2. The highest BCUT2D eigenvalue weighted by Crippen LogP contribution is 2.33. The van der Waals surface area contributed by atoms with Crippen molar-refractivity contribution in [3.8, 4) is 0 Å². The van der Waals surface area contributed by atoms with E-state index in [9.17, 15) is 22.4 Å². The summed E-state index contributed by atoms with van der Waals surface area (Å²) in [5.41, 5.74) is -0.0137. The second-order valence-electron chi connectivity index (χ2n) is 10.2. The second kappa shape index (κ2) is 11.3. The van der Waals surface area contributed by atoms with Crippen molar-refractivity contribution in [1.82, 2.24) is 14.9 Å². The van der Waals surface area contributed by atoms with E-state index in [-0.39, 0.29) is 16.4 Å². The van der Waals surface area contributed by atoms with Crippen LogP contribution in [0.2, 0.25) is 0 Å². The molecule has 2 fully saturated rings. The van der Waals surface area contributed by atoms with Gasteiger partial charge in [-0.05, 0) is 81.1 Å². The van der Waals surface area contributed by atoms with Gasteiger partial charge in [0.25, 0.3) is 5.91 Å². The van der Waals surface area contributed by atoms with Gasteiger partial charge in [-0.25, -0.2) is 17.5 Å². The minimum atomic E-state index is -3.79. The summed E-state index contributed by atoms with van der Waals surface area (Å²) in [6.45, 7) is 7.01. The Hall–Kier alpha value is -2.86. The van der Waals surface area contributed by atoms with E-state index in [0.29, 0.717) is 25.4 Å². The number of nitrogens with one attached hydrogen (secondary N) is 3. The van der Waals surface area contributed by atoms with Gasteiger partial charge in [-0.15, -0.1) is 0 Å². The lowest BCUT2D eigenvalue weighted by atomic mass is 10.1. The molecule has 0 bridgehead atoms. The predicted molar refractivity (Wildman–Crippen MR) is 137 cm³/mol. The van der Waals surface area contributed by atoms with Crippen LogP contribution in [0.5, 0.6) is 0 Å². The number of carbonyl (C=O) groups is 2. The molecular weight excluding hydrogens is 499 g/mol. The third-order valence-electron chi connectivity index (χ3n) is 6.33. The first-order valence-corrected chi connectivity index (χ1v) is 13.8. The number of hydrogen-bond donors (Lipinski definition) is 3. The Morgan fingerprint density at radius 2 is 1.68 bits per heavy atom. The largest absolute Gasteiger partial charge is 0.379 e. The highest BCUT2D eigenvalue weighted by molar-refractivity contribution is 7.89. The molecule has 0 radical (unpaired) electrons. The maximum Gasteiger partial charge on any atom is 0.251 e. The van der Waals surface area contributed by atoms with Gasteiger partial charge in [-0.2, -0.15) is 0 Å². The summed E-state index contributed by atoms with van der Waals surface area (Å²) in [5, 5.41) is 5.50. The van der Waals surface area contributed by atoms with Crippen LogP contribution in [0.25, 0.3) is 0 Å². The van der Waals surface area contributed by atoms with Crippen LogP contribution in [-0.4, -0.2) is 69.6 Å². The fraction of sp³-hybridized carbons (Fsp3) is 0.462. The molecule has 0 aromatic heterocycles. The van der Waals surface area contributed by atoms with Crippen molar-refractivity contribution >= 4 is 27.5 Å². The number of halogens is 1. The topological polar surface area (TPSA) is 117 Å². The Balaban J connectivity index is 1.36. The van der Waals surface area contributed by atoms with Gasteiger partial charge < -0.3 is 15.4 Å². The number of nitrogens with zero attached hydrogens (tertiary/aromatic N) is 1. The van der Waals surface area contributed by atoms with Crippen molar-refractivity contribution in [2.45, 2.75) is 43.2 Å². The normalized spacial score (nSPS) is 17.7. The van der Waals surface area contributed by atoms with Crippen LogP contribution in [0.3, 0.4) is 0 Å². The second-order valence-corrected chi connectivity index (χ2v) is 11.9. The number of hydrogen-bond acceptors (Lipinski definition) is 6. The Kier molecular flexibility index (Phi) is 8.27. The number of rotatable bonds is 10. The summed E-state index contributed by atoms with van der Waals surface area (Å²) in [5.74, 6) is -1.28. The SMILES string of the molecule is CC(C)(CN1CCOCC1)NS(=O)(=O)c1ccc(NC(=O)[C@@H](NC(=O)c2ccc(F)cc2)C2CC2)cc1. The van der Waals surface area contributed by atoms with Crippen LogP contribution in [0, 0.1) is 11.7 Å². The fourth-order valence-corrected chi connectivity index (χ4v) is 5.77. The van der Waals surface area contributed by atoms with Crippen LogP contribution >= 0.6 is 0 Å². The fourth-order valence-electron chi connectivity index (χ4n) is 4.36. The van der Waals surface area contributed by atoms with E-state index in [1.54, 1.807) is 0 Å². The number of sulfonamides is 1. The molecule has 0 spiro atoms. The zero-order valence-corrected chi connectivity index (χ0v) is 21.8. The molecule has 200 valence electrons. The zero-order chi connectivity index (χ0) is 26.6. The van der Waals surface area contributed by atoms with Crippen LogP contribution < -0.4 is 15.4 Å². The number of benzene rings is 2. The molecule has 1 saturated heterocycles. The molecule has 1 heterocycles. The molecule has 2 amide bonds. The summed E-state index contributed by atoms with van der Waals surface area (Å²) in [6, 6.07) is 10.3. The maximum absolute atomic E-state index is 13.2. The Labute approximate surface area is 216 Å². The van der Waals surface area contributed by atoms with Crippen LogP contribution in [0.4, 0.5) is 10.1 Å². The average molecular weight is 533 g/mol. The van der Waals surface area contributed by atoms with E-state index in [1.165, 1.54) is 48.5 Å². The van der Waals surface area contributed by atoms with Crippen LogP contribution in [0.15, 0.2) is 53.4 Å². The van der Waals surface area contributed by atoms with Crippen LogP contribution in [-0.2, 0) is 19.6 Å². The number of morpholine rings is 1. The first-order valence-electron chi connectivity index (χ1n) is 12.3. The molecule has 2 aromatic carbocycles. The number of anilines is 1. The van der Waals surface area contributed by atoms with Gasteiger partial charge in [0, 0.05) is 36.4 Å². The molecule has 0 unspecified atom stereocenters. The lowest BCUT2D eigenvalue weighted by molar-refractivity contribution is -0.118. The van der Waals surface area contributed by atoms with Crippen LogP contribution in [0.1, 0.15) is 37.0 Å². The van der Waals surface area contributed by atoms with Crippen molar-refractivity contribution in [3.63, 3.8) is 0 Å². The Morgan fingerprint density at radius 3 is 2.27 bits per heavy atom. The lowest BCUT2D eigenvalue weighted by Gasteiger charge is -2.35. The molecule has 1 saturated carbocycles. The van der Waals surface area contributed by atoms with E-state index in [0.717, 1.165) is 25.9 Å². The molecule has 2 aliphatic rings. The molecule has 3 N–H and O–H groups in total. The summed E-state index contributed by atoms with van der Waals surface area (Å²) in [4.78, 5) is 27.7. The smallest absolute Gasteiger partial charge is 0.251 e. The van der Waals surface area contributed by atoms with Crippen molar-refractivity contribution in [2.24, 2.45) is 5.92 Å². The van der Waals surface area contributed by atoms with Crippen molar-refractivity contribution < 1.29 is 27.1 Å². The summed E-state index contributed by atoms with van der Waals surface area (Å²) >= 11 is 0. The molecule has 2 aromatic rings. The third-order valence-corrected chi connectivity index (χ3v) is 8.05. The monoisotopic (exact) mass is 532 g/mol. The van der Waals surface area contributed by atoms with Crippen molar-refractivity contribution in [3.05, 3.63) is 59.9 Å². The molecule has 4 rings (SSSR count). The van der Waals surface area contributed by atoms with Gasteiger partial charge in [-0.3, -0.25) is 14.5 Å². The lowest BCUT2D eigenvalue weighted by Crippen LogP contribution is -2.53. The van der Waals surface area contributed by atoms with E-state index in [2.05, 4.69) is 20.3 Å². The third kappa shape index (κ3) is 7.57. The highest BCUT2D eigenvalue weighted by atomic mass is 32.2. The predicted octanol–water partition coefficient (Wildman–Crippen LogP) is 2.36. The first kappa shape index (κ1) is 27.2. The van der Waals surface area contributed by atoms with Gasteiger partial charge in [0.15, 0.2) is 0 Å². The van der Waals surface area contributed by atoms with E-state index in [4.69, 9.17) is 4.74 Å². The van der Waals surface area contributed by atoms with Gasteiger partial charge in [0.2, 0.25) is 15.9 Å². The van der Waals surface area contributed by atoms with E-state index >= 15 is 0 Å². The minimum absolute atomic E-state index is 0.0157. The molecular formula is C26H33FN4O5S. The van der Waals surface area contributed by atoms with E-state index < -0.39 is 39.2 Å². The van der Waals surface area contributed by atoms with Gasteiger partial charge >= 0.3 is 0 Å². The molecule has 1 aliphatic heterocycles. The summed E-state index contributed by atoms with van der Waals surface area (Å²) in [7, 11) is -3.79. The van der Waals surface area contributed by atoms with Gasteiger partial charge in [0.05, 0.1) is 18.1 Å². The first-order chi connectivity index (χ1) is 17.5. The Bertz CT molecular complexity index is 1210. The highest BCUT2D eigenvalue weighted by Gasteiger charge is 2.37. The molecule has 9 nitrogen and oxygen atoms in total. The maximum atomic E-state index is 13.2. The minimum Gasteiger partial charge on any atom is -0.379 e. The number of ether oxygens (including phenoxy) is 1. The summed E-state index contributed by atoms with van der Waals surface area (Å²) < 4.78 is 47.3. The summed E-state index contributed by atoms with van der Waals surface area (Å²) in [6.07, 6.45) is 1.62. The average Bonchev–Trinajstić information content (AvgIpc) is 3.68. The Morgan fingerprint density at radius 1 is 1.05 bits per heavy atom. The molecule has 1 atom stereocenters. The van der Waals surface area contributed by atoms with Crippen molar-refractivity contribution in [2.75, 3.05) is 38.2 Å². The molecule has 37 heavy (non-hydrogen) atoms. The standard InChI is InChI=1S/C26H33FN4O5S/c1-26(2,17-31-13-15-36-16-14-31)30-37(34,35)22-11-9-21(10-12-22)28-25(33)23(18-3-4-18)29-24(32)19-5-7-20(27)8-6-19/h5-12,18,23,30H,3-4,13-17H2,1-2H3,(H,28,33)(H,29,32)/t23-/m0/s1. The number of amides is 2. The molecule has 1 aliphatic carbocycles.